The molecular formula is C26H26F2N2O5. The third-order valence-electron chi connectivity index (χ3n) is 5.58. The second-order valence-electron chi connectivity index (χ2n) is 9.08. The Hall–Kier alpha value is -3.72. The highest BCUT2D eigenvalue weighted by Gasteiger charge is 2.25. The zero-order chi connectivity index (χ0) is 25.3. The number of rotatable bonds is 8. The molecule has 1 aliphatic rings. The molecule has 0 bridgehead atoms. The number of ether oxygens (including phenoxy) is 2. The molecular weight excluding hydrogens is 458 g/mol. The van der Waals surface area contributed by atoms with E-state index in [9.17, 15) is 23.5 Å². The molecule has 2 aromatic carbocycles. The van der Waals surface area contributed by atoms with E-state index in [-0.39, 0.29) is 41.4 Å². The molecule has 1 amide bonds. The summed E-state index contributed by atoms with van der Waals surface area (Å²) in [7, 11) is 1.55. The number of hydrogen-bond donors (Lipinski definition) is 2. The summed E-state index contributed by atoms with van der Waals surface area (Å²) in [5.41, 5.74) is -0.306. The van der Waals surface area contributed by atoms with Gasteiger partial charge in [-0.1, -0.05) is 6.07 Å². The molecule has 0 radical (unpaired) electrons. The lowest BCUT2D eigenvalue weighted by Crippen LogP contribution is -2.30. The number of carbonyl (C=O) groups is 1. The molecule has 7 nitrogen and oxygen atoms in total. The van der Waals surface area contributed by atoms with Crippen LogP contribution in [-0.2, 0) is 17.4 Å². The number of aryl methyl sites for hydroxylation is 1. The molecule has 2 N–H and O–H groups in total. The first-order valence-corrected chi connectivity index (χ1v) is 11.1. The Morgan fingerprint density at radius 3 is 2.46 bits per heavy atom. The van der Waals surface area contributed by atoms with E-state index in [0.29, 0.717) is 22.8 Å². The van der Waals surface area contributed by atoms with E-state index in [0.717, 1.165) is 18.9 Å². The number of amides is 1. The zero-order valence-electron chi connectivity index (χ0n) is 19.6. The van der Waals surface area contributed by atoms with Crippen LogP contribution in [0.15, 0.2) is 53.5 Å². The third kappa shape index (κ3) is 5.86. The minimum atomic E-state index is -1.22. The van der Waals surface area contributed by atoms with Crippen LogP contribution in [0.1, 0.15) is 32.3 Å². The van der Waals surface area contributed by atoms with E-state index >= 15 is 0 Å². The first kappa shape index (κ1) is 24.4. The number of nitrogens with zero attached hydrogens (tertiary/aromatic N) is 1. The molecule has 0 saturated heterocycles. The first-order valence-electron chi connectivity index (χ1n) is 11.1. The fraction of sp³-hybridized carbons (Fsp3) is 0.308. The lowest BCUT2D eigenvalue weighted by molar-refractivity contribution is -0.123. The van der Waals surface area contributed by atoms with Gasteiger partial charge in [-0.05, 0) is 56.5 Å². The molecule has 4 rings (SSSR count). The van der Waals surface area contributed by atoms with Crippen LogP contribution in [0.25, 0.3) is 11.1 Å². The highest BCUT2D eigenvalue weighted by atomic mass is 19.1. The number of halogens is 2. The standard InChI is InChI=1S/C26H26F2N2O5/c1-26(2,33)15-4-8-21(35-22-9-5-16(27)11-20(22)28)18(10-15)19-13-30(3)25(32)12-23(19)34-14-24(31)29-17-6-7-17/h4-5,8-13,17,33H,6-7,14H2,1-3H3,(H,29,31). The second-order valence-corrected chi connectivity index (χ2v) is 9.08. The number of pyridine rings is 1. The van der Waals surface area contributed by atoms with Crippen LogP contribution < -0.4 is 20.3 Å². The van der Waals surface area contributed by atoms with Gasteiger partial charge in [0.25, 0.3) is 11.5 Å². The van der Waals surface area contributed by atoms with Crippen molar-refractivity contribution in [1.82, 2.24) is 9.88 Å². The third-order valence-corrected chi connectivity index (χ3v) is 5.58. The van der Waals surface area contributed by atoms with Gasteiger partial charge < -0.3 is 24.5 Å². The number of benzene rings is 2. The summed E-state index contributed by atoms with van der Waals surface area (Å²) in [6.07, 6.45) is 3.36. The summed E-state index contributed by atoms with van der Waals surface area (Å²) in [6.45, 7) is 2.91. The van der Waals surface area contributed by atoms with Crippen molar-refractivity contribution in [3.63, 3.8) is 0 Å². The summed E-state index contributed by atoms with van der Waals surface area (Å²) >= 11 is 0. The topological polar surface area (TPSA) is 89.8 Å². The molecule has 1 aromatic heterocycles. The van der Waals surface area contributed by atoms with Gasteiger partial charge in [-0.3, -0.25) is 9.59 Å². The number of nitrogens with one attached hydrogen (secondary N) is 1. The van der Waals surface area contributed by atoms with Gasteiger partial charge in [0.05, 0.1) is 5.60 Å². The van der Waals surface area contributed by atoms with E-state index < -0.39 is 17.2 Å². The summed E-state index contributed by atoms with van der Waals surface area (Å²) in [5, 5.41) is 13.4. The number of aliphatic hydroxyl groups is 1. The van der Waals surface area contributed by atoms with Crippen molar-refractivity contribution >= 4 is 5.91 Å². The fourth-order valence-corrected chi connectivity index (χ4v) is 3.46. The van der Waals surface area contributed by atoms with E-state index in [4.69, 9.17) is 9.47 Å². The molecule has 0 unspecified atom stereocenters. The molecule has 3 aromatic rings. The maximum Gasteiger partial charge on any atom is 0.258 e. The van der Waals surface area contributed by atoms with Crippen molar-refractivity contribution in [3.05, 3.63) is 76.2 Å². The van der Waals surface area contributed by atoms with E-state index in [2.05, 4.69) is 5.32 Å². The smallest absolute Gasteiger partial charge is 0.258 e. The quantitative estimate of drug-likeness (QED) is 0.504. The summed E-state index contributed by atoms with van der Waals surface area (Å²) < 4.78 is 40.5. The van der Waals surface area contributed by atoms with Gasteiger partial charge in [-0.2, -0.15) is 0 Å². The van der Waals surface area contributed by atoms with Crippen molar-refractivity contribution in [3.8, 4) is 28.4 Å². The number of aromatic nitrogens is 1. The predicted octanol–water partition coefficient (Wildman–Crippen LogP) is 4.01. The van der Waals surface area contributed by atoms with Gasteiger partial charge in [0.15, 0.2) is 18.2 Å². The van der Waals surface area contributed by atoms with Crippen molar-refractivity contribution in [2.24, 2.45) is 7.05 Å². The summed E-state index contributed by atoms with van der Waals surface area (Å²) in [4.78, 5) is 24.5. The van der Waals surface area contributed by atoms with E-state index in [1.54, 1.807) is 39.1 Å². The van der Waals surface area contributed by atoms with Gasteiger partial charge in [-0.15, -0.1) is 0 Å². The van der Waals surface area contributed by atoms with Crippen LogP contribution in [0.4, 0.5) is 8.78 Å². The molecule has 0 spiro atoms. The van der Waals surface area contributed by atoms with Gasteiger partial charge in [0.1, 0.15) is 17.3 Å². The fourth-order valence-electron chi connectivity index (χ4n) is 3.46. The van der Waals surface area contributed by atoms with Gasteiger partial charge in [0, 0.05) is 42.5 Å². The minimum absolute atomic E-state index is 0.122. The Kier molecular flexibility index (Phi) is 6.62. The van der Waals surface area contributed by atoms with Crippen molar-refractivity contribution in [2.75, 3.05) is 6.61 Å². The largest absolute Gasteiger partial charge is 0.483 e. The maximum absolute atomic E-state index is 14.3. The van der Waals surface area contributed by atoms with Crippen molar-refractivity contribution < 1.29 is 28.2 Å². The molecule has 0 atom stereocenters. The number of hydrogen-bond acceptors (Lipinski definition) is 5. The predicted molar refractivity (Wildman–Crippen MR) is 125 cm³/mol. The maximum atomic E-state index is 14.3. The van der Waals surface area contributed by atoms with Crippen molar-refractivity contribution in [2.45, 2.75) is 38.3 Å². The molecule has 184 valence electrons. The number of carbonyl (C=O) groups excluding carboxylic acids is 1. The van der Waals surface area contributed by atoms with E-state index in [1.807, 2.05) is 0 Å². The Morgan fingerprint density at radius 2 is 1.80 bits per heavy atom. The second kappa shape index (κ2) is 9.50. The Balaban J connectivity index is 1.79. The van der Waals surface area contributed by atoms with Gasteiger partial charge >= 0.3 is 0 Å². The molecule has 9 heteroatoms. The minimum Gasteiger partial charge on any atom is -0.483 e. The normalized spacial score (nSPS) is 13.4. The lowest BCUT2D eigenvalue weighted by Gasteiger charge is -2.22. The first-order chi connectivity index (χ1) is 16.5. The van der Waals surface area contributed by atoms with Gasteiger partial charge in [-0.25, -0.2) is 8.78 Å². The molecule has 1 saturated carbocycles. The highest BCUT2D eigenvalue weighted by molar-refractivity contribution is 5.80. The van der Waals surface area contributed by atoms with Crippen LogP contribution in [-0.4, -0.2) is 28.2 Å². The SMILES string of the molecule is Cn1cc(-c2cc(C(C)(C)O)ccc2Oc2ccc(F)cc2F)c(OCC(=O)NC2CC2)cc1=O. The highest BCUT2D eigenvalue weighted by Crippen LogP contribution is 2.40. The zero-order valence-corrected chi connectivity index (χ0v) is 19.6. The summed E-state index contributed by atoms with van der Waals surface area (Å²) in [5.74, 6) is -1.86. The molecule has 1 heterocycles. The Morgan fingerprint density at radius 1 is 1.09 bits per heavy atom. The monoisotopic (exact) mass is 484 g/mol. The molecule has 1 aliphatic carbocycles. The average molecular weight is 484 g/mol. The summed E-state index contributed by atoms with van der Waals surface area (Å²) in [6, 6.07) is 9.14. The van der Waals surface area contributed by atoms with Crippen LogP contribution in [0, 0.1) is 11.6 Å². The molecule has 35 heavy (non-hydrogen) atoms. The lowest BCUT2D eigenvalue weighted by atomic mass is 9.93. The molecule has 1 fully saturated rings. The van der Waals surface area contributed by atoms with Crippen LogP contribution in [0.2, 0.25) is 0 Å². The van der Waals surface area contributed by atoms with Crippen molar-refractivity contribution in [1.29, 1.82) is 0 Å². The molecule has 0 aliphatic heterocycles. The van der Waals surface area contributed by atoms with Gasteiger partial charge in [0.2, 0.25) is 0 Å². The Labute approximate surface area is 200 Å². The van der Waals surface area contributed by atoms with Crippen LogP contribution >= 0.6 is 0 Å². The van der Waals surface area contributed by atoms with Crippen LogP contribution in [0.3, 0.4) is 0 Å². The van der Waals surface area contributed by atoms with Crippen LogP contribution in [0.5, 0.6) is 17.2 Å². The Bertz CT molecular complexity index is 1330. The van der Waals surface area contributed by atoms with E-state index in [1.165, 1.54) is 22.9 Å². The average Bonchev–Trinajstić information content (AvgIpc) is 3.59.